The summed E-state index contributed by atoms with van der Waals surface area (Å²) in [4.78, 5) is 34.0. The standard InChI is InChI=1S/C9H13NO6/c11-7(12)3-5(8(13)14)6(9(15)16)4-10-1-2-10/h5-6H,1-4H2,(H,11,12)(H,13,14)(H,15,16). The van der Waals surface area contributed by atoms with Crippen LogP contribution in [0.3, 0.4) is 0 Å². The van der Waals surface area contributed by atoms with Gasteiger partial charge in [-0.05, 0) is 0 Å². The lowest BCUT2D eigenvalue weighted by Crippen LogP contribution is -2.36. The number of rotatable bonds is 7. The average molecular weight is 231 g/mol. The van der Waals surface area contributed by atoms with Crippen LogP contribution in [0.5, 0.6) is 0 Å². The van der Waals surface area contributed by atoms with Crippen molar-refractivity contribution >= 4 is 17.9 Å². The number of hydrogen-bond acceptors (Lipinski definition) is 4. The summed E-state index contributed by atoms with van der Waals surface area (Å²) in [5, 5.41) is 26.3. The highest BCUT2D eigenvalue weighted by Crippen LogP contribution is 2.21. The Kier molecular flexibility index (Phi) is 3.83. The lowest BCUT2D eigenvalue weighted by molar-refractivity contribution is -0.157. The van der Waals surface area contributed by atoms with Crippen molar-refractivity contribution in [1.29, 1.82) is 0 Å². The second-order valence-corrected chi connectivity index (χ2v) is 3.79. The zero-order valence-corrected chi connectivity index (χ0v) is 8.50. The molecule has 0 saturated carbocycles. The third-order valence-corrected chi connectivity index (χ3v) is 2.51. The van der Waals surface area contributed by atoms with Gasteiger partial charge in [-0.25, -0.2) is 0 Å². The minimum absolute atomic E-state index is 0.0968. The Balaban J connectivity index is 2.72. The van der Waals surface area contributed by atoms with Crippen molar-refractivity contribution < 1.29 is 29.7 Å². The van der Waals surface area contributed by atoms with Gasteiger partial charge in [0.2, 0.25) is 0 Å². The van der Waals surface area contributed by atoms with Gasteiger partial charge in [0.1, 0.15) is 0 Å². The van der Waals surface area contributed by atoms with Crippen LogP contribution in [0.2, 0.25) is 0 Å². The largest absolute Gasteiger partial charge is 0.481 e. The van der Waals surface area contributed by atoms with Crippen LogP contribution in [0.1, 0.15) is 6.42 Å². The average Bonchev–Trinajstić information content (AvgIpc) is 2.93. The fourth-order valence-corrected chi connectivity index (χ4v) is 1.50. The topological polar surface area (TPSA) is 115 Å². The Hall–Kier alpha value is -1.63. The fraction of sp³-hybridized carbons (Fsp3) is 0.667. The van der Waals surface area contributed by atoms with Crippen molar-refractivity contribution in [2.45, 2.75) is 6.42 Å². The maximum Gasteiger partial charge on any atom is 0.308 e. The Morgan fingerprint density at radius 2 is 1.50 bits per heavy atom. The smallest absolute Gasteiger partial charge is 0.308 e. The van der Waals surface area contributed by atoms with Crippen LogP contribution in [0.4, 0.5) is 0 Å². The van der Waals surface area contributed by atoms with Crippen LogP contribution < -0.4 is 0 Å². The minimum Gasteiger partial charge on any atom is -0.481 e. The molecule has 1 saturated heterocycles. The molecule has 0 radical (unpaired) electrons. The first-order valence-electron chi connectivity index (χ1n) is 4.81. The normalized spacial score (nSPS) is 18.8. The van der Waals surface area contributed by atoms with Gasteiger partial charge in [0, 0.05) is 19.6 Å². The van der Waals surface area contributed by atoms with E-state index in [4.69, 9.17) is 15.3 Å². The Morgan fingerprint density at radius 1 is 1.00 bits per heavy atom. The molecular weight excluding hydrogens is 218 g/mol. The zero-order valence-electron chi connectivity index (χ0n) is 8.50. The number of nitrogens with zero attached hydrogens (tertiary/aromatic N) is 1. The van der Waals surface area contributed by atoms with Crippen LogP contribution in [0.25, 0.3) is 0 Å². The molecule has 0 bridgehead atoms. The fourth-order valence-electron chi connectivity index (χ4n) is 1.50. The Morgan fingerprint density at radius 3 is 1.81 bits per heavy atom. The zero-order chi connectivity index (χ0) is 12.3. The third-order valence-electron chi connectivity index (χ3n) is 2.51. The lowest BCUT2D eigenvalue weighted by Gasteiger charge is -2.18. The quantitative estimate of drug-likeness (QED) is 0.490. The van der Waals surface area contributed by atoms with Gasteiger partial charge in [-0.1, -0.05) is 0 Å². The molecule has 1 fully saturated rings. The molecule has 90 valence electrons. The number of carboxylic acid groups (broad SMARTS) is 3. The predicted molar refractivity (Wildman–Crippen MR) is 50.9 cm³/mol. The van der Waals surface area contributed by atoms with Crippen molar-refractivity contribution in [3.8, 4) is 0 Å². The molecule has 0 aromatic carbocycles. The van der Waals surface area contributed by atoms with E-state index in [9.17, 15) is 14.4 Å². The molecule has 2 atom stereocenters. The van der Waals surface area contributed by atoms with E-state index in [1.165, 1.54) is 0 Å². The first-order chi connectivity index (χ1) is 7.41. The monoisotopic (exact) mass is 231 g/mol. The van der Waals surface area contributed by atoms with Gasteiger partial charge in [-0.3, -0.25) is 19.3 Å². The maximum absolute atomic E-state index is 10.9. The molecule has 0 spiro atoms. The van der Waals surface area contributed by atoms with E-state index in [0.29, 0.717) is 0 Å². The van der Waals surface area contributed by atoms with Crippen molar-refractivity contribution in [1.82, 2.24) is 4.90 Å². The lowest BCUT2D eigenvalue weighted by atomic mass is 9.89. The first-order valence-corrected chi connectivity index (χ1v) is 4.81. The number of hydrogen-bond donors (Lipinski definition) is 3. The summed E-state index contributed by atoms with van der Waals surface area (Å²) < 4.78 is 0. The van der Waals surface area contributed by atoms with Crippen molar-refractivity contribution in [3.63, 3.8) is 0 Å². The third kappa shape index (κ3) is 3.50. The second kappa shape index (κ2) is 4.93. The maximum atomic E-state index is 10.9. The predicted octanol–water partition coefficient (Wildman–Crippen LogP) is -0.822. The highest BCUT2D eigenvalue weighted by atomic mass is 16.4. The molecule has 2 unspecified atom stereocenters. The Labute approximate surface area is 91.3 Å². The summed E-state index contributed by atoms with van der Waals surface area (Å²) in [6.07, 6.45) is -0.667. The van der Waals surface area contributed by atoms with Gasteiger partial charge < -0.3 is 15.3 Å². The van der Waals surface area contributed by atoms with E-state index in [-0.39, 0.29) is 6.54 Å². The Bertz CT molecular complexity index is 311. The molecule has 3 N–H and O–H groups in total. The molecule has 0 aliphatic carbocycles. The summed E-state index contributed by atoms with van der Waals surface area (Å²) in [7, 11) is 0. The molecule has 7 nitrogen and oxygen atoms in total. The van der Waals surface area contributed by atoms with Gasteiger partial charge in [0.05, 0.1) is 18.3 Å². The van der Waals surface area contributed by atoms with Gasteiger partial charge in [0.25, 0.3) is 0 Å². The molecule has 0 aromatic rings. The van der Waals surface area contributed by atoms with Gasteiger partial charge in [0.15, 0.2) is 0 Å². The molecular formula is C9H13NO6. The van der Waals surface area contributed by atoms with E-state index >= 15 is 0 Å². The van der Waals surface area contributed by atoms with Crippen LogP contribution in [0.15, 0.2) is 0 Å². The molecule has 16 heavy (non-hydrogen) atoms. The van der Waals surface area contributed by atoms with E-state index in [1.54, 1.807) is 4.90 Å². The molecule has 1 aliphatic heterocycles. The van der Waals surface area contributed by atoms with E-state index in [2.05, 4.69) is 0 Å². The molecule has 1 heterocycles. The van der Waals surface area contributed by atoms with E-state index < -0.39 is 36.2 Å². The summed E-state index contributed by atoms with van der Waals surface area (Å²) in [6.45, 7) is 1.58. The molecule has 1 rings (SSSR count). The van der Waals surface area contributed by atoms with Gasteiger partial charge >= 0.3 is 17.9 Å². The molecule has 0 amide bonds. The molecule has 1 aliphatic rings. The summed E-state index contributed by atoms with van der Waals surface area (Å²) >= 11 is 0. The van der Waals surface area contributed by atoms with E-state index in [0.717, 1.165) is 13.1 Å². The van der Waals surface area contributed by atoms with Crippen molar-refractivity contribution in [3.05, 3.63) is 0 Å². The highest BCUT2D eigenvalue weighted by Gasteiger charge is 2.38. The van der Waals surface area contributed by atoms with Crippen molar-refractivity contribution in [2.24, 2.45) is 11.8 Å². The van der Waals surface area contributed by atoms with Crippen molar-refractivity contribution in [2.75, 3.05) is 19.6 Å². The molecule has 0 aromatic heterocycles. The van der Waals surface area contributed by atoms with E-state index in [1.807, 2.05) is 0 Å². The summed E-state index contributed by atoms with van der Waals surface area (Å²) in [5.41, 5.74) is 0. The van der Waals surface area contributed by atoms with Crippen LogP contribution >= 0.6 is 0 Å². The number of carbonyl (C=O) groups is 3. The first kappa shape index (κ1) is 12.4. The number of aliphatic carboxylic acids is 3. The van der Waals surface area contributed by atoms with Crippen LogP contribution in [-0.4, -0.2) is 57.8 Å². The second-order valence-electron chi connectivity index (χ2n) is 3.79. The van der Waals surface area contributed by atoms with Gasteiger partial charge in [-0.15, -0.1) is 0 Å². The summed E-state index contributed by atoms with van der Waals surface area (Å²) in [6, 6.07) is 0. The van der Waals surface area contributed by atoms with Crippen LogP contribution in [-0.2, 0) is 14.4 Å². The molecule has 7 heteroatoms. The number of carboxylic acids is 3. The minimum atomic E-state index is -1.38. The van der Waals surface area contributed by atoms with Crippen LogP contribution in [0, 0.1) is 11.8 Å². The SMILES string of the molecule is O=C(O)CC(C(=O)O)C(CN1CC1)C(=O)O. The highest BCUT2D eigenvalue weighted by molar-refractivity contribution is 5.84. The summed E-state index contributed by atoms with van der Waals surface area (Å²) in [5.74, 6) is -6.49. The van der Waals surface area contributed by atoms with Gasteiger partial charge in [-0.2, -0.15) is 0 Å².